The molecule has 0 amide bonds. The molecule has 4 rings (SSSR count). The van der Waals surface area contributed by atoms with Gasteiger partial charge < -0.3 is 10.2 Å². The second kappa shape index (κ2) is 10.8. The first kappa shape index (κ1) is 24.6. The standard InChI is InChI=1S/C26H27F4N5/c1-3-16-12-33-26(34-13-16)35-6-4-17(5-7-35)14-32-25-23(29)10-19(11-24(25)30)18-8-21(27)20(15-31-2)22(28)9-18/h8-13,15,17,32H,3-7,14H2,1-2H3/p+1. The van der Waals surface area contributed by atoms with Gasteiger partial charge in [0.05, 0.1) is 0 Å². The number of hydrogen-bond donors (Lipinski definition) is 2. The third kappa shape index (κ3) is 5.61. The van der Waals surface area contributed by atoms with E-state index in [9.17, 15) is 17.6 Å². The summed E-state index contributed by atoms with van der Waals surface area (Å²) >= 11 is 0. The van der Waals surface area contributed by atoms with Gasteiger partial charge in [-0.25, -0.2) is 27.5 Å². The van der Waals surface area contributed by atoms with Crippen LogP contribution >= 0.6 is 0 Å². The molecule has 35 heavy (non-hydrogen) atoms. The second-order valence-corrected chi connectivity index (χ2v) is 8.66. The first-order valence-electron chi connectivity index (χ1n) is 11.7. The molecule has 5 nitrogen and oxygen atoms in total. The predicted octanol–water partition coefficient (Wildman–Crippen LogP) is 3.72. The fourth-order valence-corrected chi connectivity index (χ4v) is 4.22. The van der Waals surface area contributed by atoms with Gasteiger partial charge in [-0.2, -0.15) is 0 Å². The lowest BCUT2D eigenvalue weighted by Crippen LogP contribution is -2.63. The maximum atomic E-state index is 14.8. The zero-order valence-electron chi connectivity index (χ0n) is 19.7. The van der Waals surface area contributed by atoms with Gasteiger partial charge in [0.25, 0.3) is 0 Å². The maximum absolute atomic E-state index is 14.8. The molecule has 1 aliphatic heterocycles. The molecule has 0 radical (unpaired) electrons. The molecule has 2 heterocycles. The number of rotatable bonds is 7. The average Bonchev–Trinajstić information content (AvgIpc) is 2.86. The van der Waals surface area contributed by atoms with E-state index in [1.54, 1.807) is 0 Å². The van der Waals surface area contributed by atoms with Crippen molar-refractivity contribution in [2.24, 2.45) is 5.92 Å². The second-order valence-electron chi connectivity index (χ2n) is 8.66. The summed E-state index contributed by atoms with van der Waals surface area (Å²) in [7, 11) is 1.52. The average molecular weight is 487 g/mol. The van der Waals surface area contributed by atoms with E-state index >= 15 is 0 Å². The molecule has 0 saturated carbocycles. The Kier molecular flexibility index (Phi) is 7.63. The number of aryl methyl sites for hydroxylation is 1. The van der Waals surface area contributed by atoms with E-state index in [1.807, 2.05) is 12.4 Å². The molecule has 0 unspecified atom stereocenters. The molecular weight excluding hydrogens is 458 g/mol. The van der Waals surface area contributed by atoms with Gasteiger partial charge >= 0.3 is 0 Å². The Morgan fingerprint density at radius 3 is 2.00 bits per heavy atom. The fraction of sp³-hybridized carbons (Fsp3) is 0.346. The topological polar surface area (TPSA) is 55.0 Å². The lowest BCUT2D eigenvalue weighted by molar-refractivity contribution is -0.413. The Balaban J connectivity index is 1.39. The highest BCUT2D eigenvalue weighted by atomic mass is 19.1. The van der Waals surface area contributed by atoms with Gasteiger partial charge in [0, 0.05) is 32.0 Å². The summed E-state index contributed by atoms with van der Waals surface area (Å²) in [5.74, 6) is -2.34. The monoisotopic (exact) mass is 486 g/mol. The van der Waals surface area contributed by atoms with Gasteiger partial charge in [0.2, 0.25) is 5.95 Å². The van der Waals surface area contributed by atoms with Gasteiger partial charge in [0.1, 0.15) is 41.6 Å². The molecule has 2 aromatic carbocycles. The van der Waals surface area contributed by atoms with Gasteiger partial charge in [-0.1, -0.05) is 6.92 Å². The number of benzene rings is 2. The summed E-state index contributed by atoms with van der Waals surface area (Å²) < 4.78 is 58.0. The van der Waals surface area contributed by atoms with E-state index in [4.69, 9.17) is 0 Å². The van der Waals surface area contributed by atoms with Crippen LogP contribution in [0.5, 0.6) is 0 Å². The first-order chi connectivity index (χ1) is 16.9. The van der Waals surface area contributed by atoms with Crippen LogP contribution in [0.15, 0.2) is 36.7 Å². The Bertz CT molecular complexity index is 1160. The van der Waals surface area contributed by atoms with E-state index < -0.39 is 23.3 Å². The minimum atomic E-state index is -0.824. The molecule has 0 aliphatic carbocycles. The van der Waals surface area contributed by atoms with Crippen molar-refractivity contribution in [2.75, 3.05) is 36.9 Å². The number of nitrogens with one attached hydrogen (secondary N) is 2. The van der Waals surface area contributed by atoms with Crippen molar-refractivity contribution in [3.63, 3.8) is 0 Å². The van der Waals surface area contributed by atoms with Crippen LogP contribution in [0.25, 0.3) is 11.1 Å². The summed E-state index contributed by atoms with van der Waals surface area (Å²) in [6.07, 6.45) is 7.41. The van der Waals surface area contributed by atoms with Crippen LogP contribution in [0.4, 0.5) is 29.2 Å². The van der Waals surface area contributed by atoms with E-state index in [1.165, 1.54) is 13.3 Å². The summed E-state index contributed by atoms with van der Waals surface area (Å²) in [5, 5.41) is 2.89. The van der Waals surface area contributed by atoms with E-state index in [0.29, 0.717) is 12.5 Å². The molecule has 2 N–H and O–H groups in total. The molecule has 1 saturated heterocycles. The Hall–Kier alpha value is -3.49. The number of nitrogens with zero attached hydrogens (tertiary/aromatic N) is 3. The largest absolute Gasteiger partial charge is 0.380 e. The zero-order chi connectivity index (χ0) is 24.9. The molecule has 1 fully saturated rings. The van der Waals surface area contributed by atoms with Crippen molar-refractivity contribution in [2.45, 2.75) is 26.2 Å². The van der Waals surface area contributed by atoms with Gasteiger partial charge in [-0.3, -0.25) is 4.99 Å². The van der Waals surface area contributed by atoms with Gasteiger partial charge in [0.15, 0.2) is 6.21 Å². The SMILES string of the molecule is CCc1cnc(N2CCC(CNc3c(F)cc(-c4cc(F)c(C=[NH+]C)c(F)c4)cc3F)CC2)nc1. The number of hydrogen-bond acceptors (Lipinski definition) is 4. The third-order valence-corrected chi connectivity index (χ3v) is 6.31. The highest BCUT2D eigenvalue weighted by Crippen LogP contribution is 2.30. The smallest absolute Gasteiger partial charge is 0.225 e. The summed E-state index contributed by atoms with van der Waals surface area (Å²) in [6, 6.07) is 4.28. The van der Waals surface area contributed by atoms with Crippen LogP contribution in [0.2, 0.25) is 0 Å². The number of anilines is 2. The van der Waals surface area contributed by atoms with E-state index in [2.05, 4.69) is 32.1 Å². The lowest BCUT2D eigenvalue weighted by atomic mass is 9.96. The summed E-state index contributed by atoms with van der Waals surface area (Å²) in [4.78, 5) is 13.5. The van der Waals surface area contributed by atoms with Crippen molar-refractivity contribution >= 4 is 17.9 Å². The number of piperidine rings is 1. The highest BCUT2D eigenvalue weighted by Gasteiger charge is 2.22. The van der Waals surface area contributed by atoms with Crippen LogP contribution in [-0.4, -0.2) is 42.9 Å². The predicted molar refractivity (Wildman–Crippen MR) is 129 cm³/mol. The molecule has 0 atom stereocenters. The van der Waals surface area contributed by atoms with Crippen molar-refractivity contribution in [3.05, 3.63) is 71.1 Å². The minimum absolute atomic E-state index is 0.0548. The quantitative estimate of drug-likeness (QED) is 0.395. The molecule has 3 aromatic rings. The van der Waals surface area contributed by atoms with Crippen molar-refractivity contribution in [3.8, 4) is 11.1 Å². The Morgan fingerprint density at radius 1 is 0.943 bits per heavy atom. The highest BCUT2D eigenvalue weighted by molar-refractivity contribution is 5.78. The van der Waals surface area contributed by atoms with E-state index in [0.717, 1.165) is 62.2 Å². The Morgan fingerprint density at radius 2 is 1.49 bits per heavy atom. The fourth-order valence-electron chi connectivity index (χ4n) is 4.22. The molecule has 9 heteroatoms. The van der Waals surface area contributed by atoms with Crippen LogP contribution in [0.1, 0.15) is 30.9 Å². The first-order valence-corrected chi connectivity index (χ1v) is 11.7. The third-order valence-electron chi connectivity index (χ3n) is 6.31. The van der Waals surface area contributed by atoms with Crippen LogP contribution in [-0.2, 0) is 6.42 Å². The van der Waals surface area contributed by atoms with E-state index in [-0.39, 0.29) is 28.3 Å². The number of aromatic nitrogens is 2. The van der Waals surface area contributed by atoms with Crippen molar-refractivity contribution < 1.29 is 22.6 Å². The normalized spacial score (nSPS) is 14.6. The minimum Gasteiger partial charge on any atom is -0.380 e. The van der Waals surface area contributed by atoms with Gasteiger partial charge in [-0.05, 0) is 66.1 Å². The Labute approximate surface area is 201 Å². The van der Waals surface area contributed by atoms with Crippen LogP contribution in [0.3, 0.4) is 0 Å². The molecular formula is C26H28F4N5+. The molecule has 1 aromatic heterocycles. The molecule has 184 valence electrons. The van der Waals surface area contributed by atoms with Crippen molar-refractivity contribution in [1.82, 2.24) is 9.97 Å². The molecule has 0 spiro atoms. The molecule has 0 bridgehead atoms. The van der Waals surface area contributed by atoms with Crippen LogP contribution < -0.4 is 15.2 Å². The zero-order valence-corrected chi connectivity index (χ0v) is 19.7. The lowest BCUT2D eigenvalue weighted by Gasteiger charge is -2.32. The van der Waals surface area contributed by atoms with Crippen molar-refractivity contribution in [1.29, 1.82) is 0 Å². The van der Waals surface area contributed by atoms with Crippen LogP contribution in [0, 0.1) is 29.2 Å². The van der Waals surface area contributed by atoms with Gasteiger partial charge in [-0.15, -0.1) is 0 Å². The number of halogens is 4. The molecule has 1 aliphatic rings. The summed E-state index contributed by atoms with van der Waals surface area (Å²) in [6.45, 7) is 3.99. The summed E-state index contributed by atoms with van der Waals surface area (Å²) in [5.41, 5.74) is 0.713. The maximum Gasteiger partial charge on any atom is 0.225 e.